The average molecular weight is 268 g/mol. The molecule has 0 heterocycles. The first kappa shape index (κ1) is 16.5. The zero-order chi connectivity index (χ0) is 15.0. The molecule has 0 saturated carbocycles. The van der Waals surface area contributed by atoms with Crippen molar-refractivity contribution in [3.63, 3.8) is 0 Å². The Labute approximate surface area is 124 Å². The van der Waals surface area contributed by atoms with E-state index in [9.17, 15) is 0 Å². The fourth-order valence-corrected chi connectivity index (χ4v) is 2.55. The Morgan fingerprint density at radius 2 is 1.40 bits per heavy atom. The molecule has 1 aliphatic carbocycles. The molecule has 3 rings (SSSR count). The van der Waals surface area contributed by atoms with Crippen LogP contribution in [0.3, 0.4) is 0 Å². The zero-order valence-electron chi connectivity index (χ0n) is 13.7. The van der Waals surface area contributed by atoms with E-state index in [0.717, 1.165) is 12.8 Å². The van der Waals surface area contributed by atoms with Crippen molar-refractivity contribution >= 4 is 0 Å². The lowest BCUT2D eigenvalue weighted by Gasteiger charge is -2.05. The molecule has 0 aromatic heterocycles. The molecule has 0 radical (unpaired) electrons. The van der Waals surface area contributed by atoms with Crippen molar-refractivity contribution in [1.82, 2.24) is 0 Å². The van der Waals surface area contributed by atoms with Crippen molar-refractivity contribution < 1.29 is 0 Å². The van der Waals surface area contributed by atoms with Crippen LogP contribution in [-0.2, 0) is 12.8 Å². The molecule has 0 heteroatoms. The number of benzene rings is 2. The topological polar surface area (TPSA) is 0 Å². The fraction of sp³-hybridized carbons (Fsp3) is 0.400. The van der Waals surface area contributed by atoms with E-state index in [4.69, 9.17) is 0 Å². The Hall–Kier alpha value is -1.56. The maximum atomic E-state index is 2.25. The molecule has 0 saturated heterocycles. The lowest BCUT2D eigenvalue weighted by atomic mass is 10.00. The molecule has 2 aromatic carbocycles. The van der Waals surface area contributed by atoms with E-state index in [0.29, 0.717) is 0 Å². The molecule has 2 aromatic rings. The highest BCUT2D eigenvalue weighted by atomic mass is 14.2. The van der Waals surface area contributed by atoms with Gasteiger partial charge in [0.05, 0.1) is 0 Å². The predicted molar refractivity (Wildman–Crippen MR) is 91.4 cm³/mol. The van der Waals surface area contributed by atoms with Crippen LogP contribution in [0, 0.1) is 0 Å². The van der Waals surface area contributed by atoms with Gasteiger partial charge in [-0.25, -0.2) is 0 Å². The van der Waals surface area contributed by atoms with Crippen molar-refractivity contribution in [2.75, 3.05) is 0 Å². The molecule has 1 aliphatic rings. The lowest BCUT2D eigenvalue weighted by molar-refractivity contribution is 1.08. The highest BCUT2D eigenvalue weighted by Gasteiger charge is 2.19. The summed E-state index contributed by atoms with van der Waals surface area (Å²) in [7, 11) is 0. The van der Waals surface area contributed by atoms with Crippen LogP contribution in [0.1, 0.15) is 57.7 Å². The van der Waals surface area contributed by atoms with Gasteiger partial charge >= 0.3 is 0 Å². The van der Waals surface area contributed by atoms with Gasteiger partial charge in [-0.05, 0) is 40.7 Å². The minimum atomic E-state index is 1.12. The van der Waals surface area contributed by atoms with Gasteiger partial charge in [0.1, 0.15) is 0 Å². The summed E-state index contributed by atoms with van der Waals surface area (Å²) >= 11 is 0. The largest absolute Gasteiger partial charge is 0.0683 e. The SMILES string of the molecule is CC.CCC.CCc1cccc2c1Cc1ccccc1-2. The van der Waals surface area contributed by atoms with Crippen molar-refractivity contribution in [2.45, 2.75) is 53.9 Å². The van der Waals surface area contributed by atoms with Crippen LogP contribution in [0.15, 0.2) is 42.5 Å². The van der Waals surface area contributed by atoms with E-state index in [1.807, 2.05) is 13.8 Å². The minimum absolute atomic E-state index is 1.12. The van der Waals surface area contributed by atoms with E-state index in [1.165, 1.54) is 28.7 Å². The van der Waals surface area contributed by atoms with Gasteiger partial charge in [-0.1, -0.05) is 83.5 Å². The van der Waals surface area contributed by atoms with E-state index < -0.39 is 0 Å². The van der Waals surface area contributed by atoms with Gasteiger partial charge < -0.3 is 0 Å². The first-order valence-electron chi connectivity index (χ1n) is 8.00. The summed E-state index contributed by atoms with van der Waals surface area (Å²) in [6.45, 7) is 10.5. The summed E-state index contributed by atoms with van der Waals surface area (Å²) in [5.41, 5.74) is 7.41. The van der Waals surface area contributed by atoms with Crippen molar-refractivity contribution in [1.29, 1.82) is 0 Å². The number of hydrogen-bond acceptors (Lipinski definition) is 0. The fourth-order valence-electron chi connectivity index (χ4n) is 2.55. The quantitative estimate of drug-likeness (QED) is 0.488. The molecule has 0 amide bonds. The maximum absolute atomic E-state index is 2.25. The van der Waals surface area contributed by atoms with E-state index in [2.05, 4.69) is 63.2 Å². The summed E-state index contributed by atoms with van der Waals surface area (Å²) in [5, 5.41) is 0. The van der Waals surface area contributed by atoms with Crippen LogP contribution < -0.4 is 0 Å². The molecule has 20 heavy (non-hydrogen) atoms. The van der Waals surface area contributed by atoms with Crippen LogP contribution in [0.25, 0.3) is 11.1 Å². The number of hydrogen-bond donors (Lipinski definition) is 0. The first-order valence-corrected chi connectivity index (χ1v) is 8.00. The van der Waals surface area contributed by atoms with Gasteiger partial charge in [-0.3, -0.25) is 0 Å². The minimum Gasteiger partial charge on any atom is -0.0683 e. The zero-order valence-corrected chi connectivity index (χ0v) is 13.7. The Morgan fingerprint density at radius 1 is 0.800 bits per heavy atom. The predicted octanol–water partition coefficient (Wildman–Crippen LogP) is 6.26. The second-order valence-electron chi connectivity index (χ2n) is 4.84. The number of rotatable bonds is 1. The van der Waals surface area contributed by atoms with Crippen LogP contribution >= 0.6 is 0 Å². The Balaban J connectivity index is 0.000000357. The average Bonchev–Trinajstić information content (AvgIpc) is 2.89. The van der Waals surface area contributed by atoms with Gasteiger partial charge in [0, 0.05) is 0 Å². The van der Waals surface area contributed by atoms with Crippen LogP contribution in [0.4, 0.5) is 0 Å². The smallest absolute Gasteiger partial charge is 0.00107 e. The van der Waals surface area contributed by atoms with Gasteiger partial charge in [-0.15, -0.1) is 0 Å². The monoisotopic (exact) mass is 268 g/mol. The third kappa shape index (κ3) is 3.50. The number of fused-ring (bicyclic) bond motifs is 3. The molecule has 108 valence electrons. The molecule has 0 spiro atoms. The second kappa shape index (κ2) is 8.58. The summed E-state index contributed by atoms with van der Waals surface area (Å²) in [4.78, 5) is 0. The molecule has 0 aliphatic heterocycles. The molecule has 0 atom stereocenters. The van der Waals surface area contributed by atoms with Gasteiger partial charge in [0.15, 0.2) is 0 Å². The normalized spacial score (nSPS) is 10.4. The Morgan fingerprint density at radius 3 is 2.05 bits per heavy atom. The summed E-state index contributed by atoms with van der Waals surface area (Å²) < 4.78 is 0. The molecule has 0 fully saturated rings. The van der Waals surface area contributed by atoms with E-state index in [-0.39, 0.29) is 0 Å². The highest BCUT2D eigenvalue weighted by molar-refractivity contribution is 5.77. The van der Waals surface area contributed by atoms with Gasteiger partial charge in [-0.2, -0.15) is 0 Å². The third-order valence-electron chi connectivity index (χ3n) is 3.33. The van der Waals surface area contributed by atoms with Gasteiger partial charge in [0.25, 0.3) is 0 Å². The molecule has 0 N–H and O–H groups in total. The molecule has 0 nitrogen and oxygen atoms in total. The van der Waals surface area contributed by atoms with Crippen LogP contribution in [0.2, 0.25) is 0 Å². The Bertz CT molecular complexity index is 523. The van der Waals surface area contributed by atoms with Crippen molar-refractivity contribution in [2.24, 2.45) is 0 Å². The molecule has 0 bridgehead atoms. The Kier molecular flexibility index (Phi) is 7.08. The maximum Gasteiger partial charge on any atom is -0.00107 e. The highest BCUT2D eigenvalue weighted by Crippen LogP contribution is 2.37. The molecular formula is C20H28. The summed E-state index contributed by atoms with van der Waals surface area (Å²) in [5.74, 6) is 0. The van der Waals surface area contributed by atoms with Crippen molar-refractivity contribution in [3.8, 4) is 11.1 Å². The van der Waals surface area contributed by atoms with E-state index >= 15 is 0 Å². The standard InChI is InChI=1S/C15H14.C3H8.C2H6/c1-2-11-7-5-9-14-13-8-4-3-6-12(13)10-15(11)14;1-3-2;1-2/h3-9H,2,10H2,1H3;3H2,1-2H3;1-2H3. The molecular weight excluding hydrogens is 240 g/mol. The van der Waals surface area contributed by atoms with E-state index in [1.54, 1.807) is 5.56 Å². The van der Waals surface area contributed by atoms with Crippen LogP contribution in [-0.4, -0.2) is 0 Å². The number of aryl methyl sites for hydroxylation is 1. The van der Waals surface area contributed by atoms with Crippen molar-refractivity contribution in [3.05, 3.63) is 59.2 Å². The van der Waals surface area contributed by atoms with Crippen LogP contribution in [0.5, 0.6) is 0 Å². The lowest BCUT2D eigenvalue weighted by Crippen LogP contribution is -1.89. The second-order valence-corrected chi connectivity index (χ2v) is 4.84. The van der Waals surface area contributed by atoms with Gasteiger partial charge in [0.2, 0.25) is 0 Å². The third-order valence-corrected chi connectivity index (χ3v) is 3.33. The summed E-state index contributed by atoms with van der Waals surface area (Å²) in [6.07, 6.45) is 3.51. The first-order chi connectivity index (χ1) is 9.81. The summed E-state index contributed by atoms with van der Waals surface area (Å²) in [6, 6.07) is 15.4. The molecule has 0 unspecified atom stereocenters.